The zero-order valence-corrected chi connectivity index (χ0v) is 12.3. The molecule has 1 aromatic rings. The Balaban J connectivity index is 1.80. The molecule has 2 saturated heterocycles. The molecule has 1 aromatic heterocycles. The van der Waals surface area contributed by atoms with Gasteiger partial charge in [0.15, 0.2) is 0 Å². The van der Waals surface area contributed by atoms with Gasteiger partial charge in [-0.3, -0.25) is 4.90 Å². The van der Waals surface area contributed by atoms with Crippen molar-refractivity contribution in [3.05, 3.63) is 12.4 Å². The van der Waals surface area contributed by atoms with Gasteiger partial charge in [0.1, 0.15) is 4.90 Å². The number of anilines is 1. The van der Waals surface area contributed by atoms with Gasteiger partial charge in [0.05, 0.1) is 12.4 Å². The number of hydrogen-bond donors (Lipinski definition) is 1. The minimum Gasteiger partial charge on any atom is -0.357 e. The van der Waals surface area contributed by atoms with Crippen LogP contribution < -0.4 is 5.32 Å². The van der Waals surface area contributed by atoms with Crippen LogP contribution in [0, 0.1) is 0 Å². The average Bonchev–Trinajstić information content (AvgIpc) is 2.94. The van der Waals surface area contributed by atoms with Crippen LogP contribution >= 0.6 is 0 Å². The molecule has 2 aliphatic rings. The van der Waals surface area contributed by atoms with Crippen molar-refractivity contribution in [3.8, 4) is 0 Å². The molecule has 20 heavy (non-hydrogen) atoms. The molecule has 1 unspecified atom stereocenters. The zero-order valence-electron chi connectivity index (χ0n) is 11.5. The van der Waals surface area contributed by atoms with E-state index in [0.29, 0.717) is 25.1 Å². The molecule has 0 aromatic carbocycles. The number of nitrogens with one attached hydrogen (secondary N) is 1. The first-order valence-electron chi connectivity index (χ1n) is 6.85. The van der Waals surface area contributed by atoms with Crippen LogP contribution in [0.1, 0.15) is 12.8 Å². The van der Waals surface area contributed by atoms with E-state index in [0.717, 1.165) is 19.5 Å². The first kappa shape index (κ1) is 13.7. The topological polar surface area (TPSA) is 78.4 Å². The van der Waals surface area contributed by atoms with Crippen molar-refractivity contribution in [2.45, 2.75) is 23.8 Å². The Labute approximate surface area is 119 Å². The predicted octanol–water partition coefficient (Wildman–Crippen LogP) is -0.0130. The summed E-state index contributed by atoms with van der Waals surface area (Å²) in [5.41, 5.74) is 0. The van der Waals surface area contributed by atoms with E-state index < -0.39 is 10.0 Å². The number of piperazine rings is 1. The summed E-state index contributed by atoms with van der Waals surface area (Å²) in [6.45, 7) is 3.04. The molecule has 1 atom stereocenters. The minimum atomic E-state index is -3.47. The number of aromatic nitrogens is 2. The highest BCUT2D eigenvalue weighted by Gasteiger charge is 2.36. The summed E-state index contributed by atoms with van der Waals surface area (Å²) < 4.78 is 26.7. The Morgan fingerprint density at radius 3 is 2.70 bits per heavy atom. The average molecular weight is 297 g/mol. The minimum absolute atomic E-state index is 0.169. The number of fused-ring (bicyclic) bond motifs is 1. The quantitative estimate of drug-likeness (QED) is 0.845. The summed E-state index contributed by atoms with van der Waals surface area (Å²) >= 11 is 0. The van der Waals surface area contributed by atoms with Gasteiger partial charge in [0, 0.05) is 32.7 Å². The van der Waals surface area contributed by atoms with E-state index in [4.69, 9.17) is 0 Å². The second-order valence-electron chi connectivity index (χ2n) is 5.19. The van der Waals surface area contributed by atoms with E-state index in [1.807, 2.05) is 0 Å². The summed E-state index contributed by atoms with van der Waals surface area (Å²) in [7, 11) is -1.77. The summed E-state index contributed by atoms with van der Waals surface area (Å²) in [6, 6.07) is 0.371. The van der Waals surface area contributed by atoms with Crippen LogP contribution in [0.5, 0.6) is 0 Å². The summed E-state index contributed by atoms with van der Waals surface area (Å²) in [4.78, 5) is 10.5. The van der Waals surface area contributed by atoms with Crippen molar-refractivity contribution in [2.24, 2.45) is 0 Å². The van der Waals surface area contributed by atoms with Crippen LogP contribution in [-0.2, 0) is 10.0 Å². The van der Waals surface area contributed by atoms with Gasteiger partial charge in [-0.2, -0.15) is 4.31 Å². The van der Waals surface area contributed by atoms with Gasteiger partial charge in [0.2, 0.25) is 16.0 Å². The molecule has 2 fully saturated rings. The molecule has 0 aliphatic carbocycles. The van der Waals surface area contributed by atoms with Crippen molar-refractivity contribution < 1.29 is 8.42 Å². The Hall–Kier alpha value is -1.25. The van der Waals surface area contributed by atoms with Crippen LogP contribution in [-0.4, -0.2) is 66.9 Å². The molecule has 3 rings (SSSR count). The fourth-order valence-corrected chi connectivity index (χ4v) is 4.27. The van der Waals surface area contributed by atoms with Crippen molar-refractivity contribution in [2.75, 3.05) is 38.5 Å². The summed E-state index contributed by atoms with van der Waals surface area (Å²) in [5.74, 6) is 0.421. The molecule has 3 heterocycles. The maximum Gasteiger partial charge on any atom is 0.246 e. The fraction of sp³-hybridized carbons (Fsp3) is 0.667. The molecular formula is C12H19N5O2S. The second kappa shape index (κ2) is 5.27. The lowest BCUT2D eigenvalue weighted by molar-refractivity contribution is 0.158. The van der Waals surface area contributed by atoms with Crippen molar-refractivity contribution in [1.82, 2.24) is 19.2 Å². The van der Waals surface area contributed by atoms with Gasteiger partial charge in [0.25, 0.3) is 0 Å². The lowest BCUT2D eigenvalue weighted by atomic mass is 10.2. The molecule has 1 N–H and O–H groups in total. The van der Waals surface area contributed by atoms with E-state index in [1.165, 1.54) is 18.8 Å². The normalized spacial score (nSPS) is 24.6. The van der Waals surface area contributed by atoms with Gasteiger partial charge in [-0.1, -0.05) is 0 Å². The molecule has 0 amide bonds. The van der Waals surface area contributed by atoms with Gasteiger partial charge < -0.3 is 5.32 Å². The van der Waals surface area contributed by atoms with Crippen molar-refractivity contribution in [1.29, 1.82) is 0 Å². The SMILES string of the molecule is CNc1ncc(S(=O)(=O)N2CCN3CCCC3C2)cn1. The molecule has 2 aliphatic heterocycles. The van der Waals surface area contributed by atoms with Crippen LogP contribution in [0.3, 0.4) is 0 Å². The van der Waals surface area contributed by atoms with Gasteiger partial charge >= 0.3 is 0 Å². The monoisotopic (exact) mass is 297 g/mol. The third-order valence-corrected chi connectivity index (χ3v) is 5.86. The third kappa shape index (κ3) is 2.38. The number of hydrogen-bond acceptors (Lipinski definition) is 6. The molecule has 0 saturated carbocycles. The largest absolute Gasteiger partial charge is 0.357 e. The van der Waals surface area contributed by atoms with Gasteiger partial charge in [-0.15, -0.1) is 0 Å². The maximum atomic E-state index is 12.6. The van der Waals surface area contributed by atoms with Crippen LogP contribution in [0.4, 0.5) is 5.95 Å². The molecule has 7 nitrogen and oxygen atoms in total. The van der Waals surface area contributed by atoms with E-state index in [9.17, 15) is 8.42 Å². The molecule has 0 radical (unpaired) electrons. The lowest BCUT2D eigenvalue weighted by Crippen LogP contribution is -2.51. The van der Waals surface area contributed by atoms with Gasteiger partial charge in [-0.25, -0.2) is 18.4 Å². The Morgan fingerprint density at radius 2 is 2.00 bits per heavy atom. The predicted molar refractivity (Wildman–Crippen MR) is 74.9 cm³/mol. The van der Waals surface area contributed by atoms with Crippen LogP contribution in [0.2, 0.25) is 0 Å². The highest BCUT2D eigenvalue weighted by molar-refractivity contribution is 7.89. The standard InChI is InChI=1S/C12H19N5O2S/c1-13-12-14-7-11(8-15-12)20(18,19)17-6-5-16-4-2-3-10(16)9-17/h7-8,10H,2-6,9H2,1H3,(H,13,14,15). The smallest absolute Gasteiger partial charge is 0.246 e. The van der Waals surface area contributed by atoms with E-state index in [1.54, 1.807) is 11.4 Å². The van der Waals surface area contributed by atoms with Crippen molar-refractivity contribution >= 4 is 16.0 Å². The molecule has 110 valence electrons. The number of nitrogens with zero attached hydrogens (tertiary/aromatic N) is 4. The first-order chi connectivity index (χ1) is 9.61. The zero-order chi connectivity index (χ0) is 14.2. The molecule has 8 heteroatoms. The highest BCUT2D eigenvalue weighted by atomic mass is 32.2. The first-order valence-corrected chi connectivity index (χ1v) is 8.29. The second-order valence-corrected chi connectivity index (χ2v) is 7.13. The highest BCUT2D eigenvalue weighted by Crippen LogP contribution is 2.25. The third-order valence-electron chi connectivity index (χ3n) is 4.04. The molecule has 0 spiro atoms. The molecular weight excluding hydrogens is 278 g/mol. The maximum absolute atomic E-state index is 12.6. The lowest BCUT2D eigenvalue weighted by Gasteiger charge is -2.36. The Morgan fingerprint density at radius 1 is 1.25 bits per heavy atom. The summed E-state index contributed by atoms with van der Waals surface area (Å²) in [5, 5.41) is 2.78. The number of rotatable bonds is 3. The van der Waals surface area contributed by atoms with E-state index >= 15 is 0 Å². The Bertz CT molecular complexity index is 574. The van der Waals surface area contributed by atoms with E-state index in [2.05, 4.69) is 20.2 Å². The fourth-order valence-electron chi connectivity index (χ4n) is 2.91. The van der Waals surface area contributed by atoms with Gasteiger partial charge in [-0.05, 0) is 19.4 Å². The van der Waals surface area contributed by atoms with Crippen LogP contribution in [0.25, 0.3) is 0 Å². The van der Waals surface area contributed by atoms with Crippen LogP contribution in [0.15, 0.2) is 17.3 Å². The Kier molecular flexibility index (Phi) is 3.61. The van der Waals surface area contributed by atoms with E-state index in [-0.39, 0.29) is 4.90 Å². The summed E-state index contributed by atoms with van der Waals surface area (Å²) in [6.07, 6.45) is 4.99. The van der Waals surface area contributed by atoms with Crippen molar-refractivity contribution in [3.63, 3.8) is 0 Å². The molecule has 0 bridgehead atoms. The number of sulfonamides is 1.